The molecule has 140 valence electrons. The van der Waals surface area contributed by atoms with Crippen LogP contribution in [0.5, 0.6) is 0 Å². The number of anilines is 1. The molecular weight excluding hydrogens is 400 g/mol. The third-order valence-electron chi connectivity index (χ3n) is 3.94. The van der Waals surface area contributed by atoms with Crippen LogP contribution in [0.2, 0.25) is 4.34 Å². The standard InChI is InChI=1S/C18H13ClN6O2S/c1-9-16(26)21-18(24-22-9)25-23-17(27)11-8-13(14-6-7-15(19)28-14)20-12-5-3-2-4-10(11)12/h2-8H,1H3,(H,23,27)(H2,21,24,25,26). The number of nitrogens with one attached hydrogen (secondary N) is 3. The smallest absolute Gasteiger partial charge is 0.274 e. The van der Waals surface area contributed by atoms with Gasteiger partial charge in [0.15, 0.2) is 0 Å². The summed E-state index contributed by atoms with van der Waals surface area (Å²) in [5.41, 5.74) is 6.68. The summed E-state index contributed by atoms with van der Waals surface area (Å²) in [7, 11) is 0. The van der Waals surface area contributed by atoms with Gasteiger partial charge in [-0.25, -0.2) is 4.98 Å². The van der Waals surface area contributed by atoms with Crippen molar-refractivity contribution in [1.82, 2.24) is 25.6 Å². The first-order chi connectivity index (χ1) is 13.5. The predicted molar refractivity (Wildman–Crippen MR) is 109 cm³/mol. The van der Waals surface area contributed by atoms with E-state index in [0.29, 0.717) is 26.5 Å². The van der Waals surface area contributed by atoms with Crippen LogP contribution >= 0.6 is 22.9 Å². The second-order valence-corrected chi connectivity index (χ2v) is 7.56. The number of aryl methyl sites for hydroxylation is 1. The second-order valence-electron chi connectivity index (χ2n) is 5.84. The lowest BCUT2D eigenvalue weighted by Gasteiger charge is -2.10. The predicted octanol–water partition coefficient (Wildman–Crippen LogP) is 3.16. The number of hydrogen-bond donors (Lipinski definition) is 3. The van der Waals surface area contributed by atoms with Gasteiger partial charge in [0, 0.05) is 5.39 Å². The van der Waals surface area contributed by atoms with Crippen LogP contribution in [-0.2, 0) is 0 Å². The fourth-order valence-electron chi connectivity index (χ4n) is 2.57. The van der Waals surface area contributed by atoms with E-state index in [1.807, 2.05) is 30.3 Å². The molecule has 0 aliphatic carbocycles. The molecule has 0 aliphatic heterocycles. The van der Waals surface area contributed by atoms with Crippen molar-refractivity contribution < 1.29 is 4.79 Å². The number of halogens is 1. The summed E-state index contributed by atoms with van der Waals surface area (Å²) in [6, 6.07) is 12.7. The Kier molecular flexibility index (Phi) is 4.76. The molecule has 0 spiro atoms. The molecule has 3 N–H and O–H groups in total. The van der Waals surface area contributed by atoms with Gasteiger partial charge >= 0.3 is 0 Å². The first kappa shape index (κ1) is 18.1. The molecule has 0 radical (unpaired) electrons. The Labute approximate surface area is 167 Å². The Morgan fingerprint density at radius 1 is 1.18 bits per heavy atom. The summed E-state index contributed by atoms with van der Waals surface area (Å²) in [6.07, 6.45) is 0. The largest absolute Gasteiger partial charge is 0.288 e. The van der Waals surface area contributed by atoms with E-state index < -0.39 is 11.5 Å². The zero-order valence-electron chi connectivity index (χ0n) is 14.5. The van der Waals surface area contributed by atoms with Crippen molar-refractivity contribution in [2.75, 3.05) is 5.43 Å². The molecule has 4 rings (SSSR count). The van der Waals surface area contributed by atoms with Gasteiger partial charge in [-0.05, 0) is 31.2 Å². The molecule has 0 bridgehead atoms. The van der Waals surface area contributed by atoms with Crippen molar-refractivity contribution in [2.24, 2.45) is 0 Å². The lowest BCUT2D eigenvalue weighted by Crippen LogP contribution is -2.32. The number of pyridine rings is 1. The third-order valence-corrected chi connectivity index (χ3v) is 5.20. The van der Waals surface area contributed by atoms with Gasteiger partial charge in [0.2, 0.25) is 5.95 Å². The first-order valence-electron chi connectivity index (χ1n) is 8.17. The maximum Gasteiger partial charge on any atom is 0.274 e. The number of carbonyl (C=O) groups excluding carboxylic acids is 1. The van der Waals surface area contributed by atoms with Crippen molar-refractivity contribution >= 4 is 45.7 Å². The molecule has 10 heteroatoms. The molecule has 1 aromatic carbocycles. The maximum atomic E-state index is 12.8. The van der Waals surface area contributed by atoms with Crippen LogP contribution < -0.4 is 16.4 Å². The van der Waals surface area contributed by atoms with E-state index in [-0.39, 0.29) is 11.6 Å². The van der Waals surface area contributed by atoms with Crippen LogP contribution in [0.1, 0.15) is 16.1 Å². The molecule has 3 heterocycles. The second kappa shape index (κ2) is 7.37. The van der Waals surface area contributed by atoms with E-state index in [4.69, 9.17) is 11.6 Å². The fourth-order valence-corrected chi connectivity index (χ4v) is 3.58. The van der Waals surface area contributed by atoms with Crippen molar-refractivity contribution in [2.45, 2.75) is 6.92 Å². The highest BCUT2D eigenvalue weighted by Gasteiger charge is 2.15. The van der Waals surface area contributed by atoms with Crippen molar-refractivity contribution in [1.29, 1.82) is 0 Å². The number of H-pyrrole nitrogens is 1. The average Bonchev–Trinajstić information content (AvgIpc) is 3.14. The SMILES string of the molecule is Cc1nnc(NNC(=O)c2cc(-c3ccc(Cl)s3)nc3ccccc23)[nH]c1=O. The van der Waals surface area contributed by atoms with E-state index in [9.17, 15) is 9.59 Å². The number of nitrogens with zero attached hydrogens (tertiary/aromatic N) is 3. The molecule has 8 nitrogen and oxygen atoms in total. The van der Waals surface area contributed by atoms with Crippen molar-refractivity contribution in [3.05, 3.63) is 68.4 Å². The fraction of sp³-hybridized carbons (Fsp3) is 0.0556. The highest BCUT2D eigenvalue weighted by Crippen LogP contribution is 2.32. The number of rotatable bonds is 4. The lowest BCUT2D eigenvalue weighted by atomic mass is 10.1. The highest BCUT2D eigenvalue weighted by atomic mass is 35.5. The van der Waals surface area contributed by atoms with Gasteiger partial charge in [-0.3, -0.25) is 25.4 Å². The zero-order valence-corrected chi connectivity index (χ0v) is 16.1. The van der Waals surface area contributed by atoms with Gasteiger partial charge in [-0.1, -0.05) is 29.8 Å². The van der Waals surface area contributed by atoms with Gasteiger partial charge < -0.3 is 0 Å². The number of amides is 1. The first-order valence-corrected chi connectivity index (χ1v) is 9.36. The lowest BCUT2D eigenvalue weighted by molar-refractivity contribution is 0.0964. The van der Waals surface area contributed by atoms with Crippen molar-refractivity contribution in [3.8, 4) is 10.6 Å². The Morgan fingerprint density at radius 3 is 2.75 bits per heavy atom. The summed E-state index contributed by atoms with van der Waals surface area (Å²) < 4.78 is 0.638. The van der Waals surface area contributed by atoms with Gasteiger partial charge in [-0.2, -0.15) is 0 Å². The Morgan fingerprint density at radius 2 is 2.00 bits per heavy atom. The number of fused-ring (bicyclic) bond motifs is 1. The summed E-state index contributed by atoms with van der Waals surface area (Å²) in [5, 5.41) is 8.18. The number of hydrazine groups is 1. The number of hydrogen-bond acceptors (Lipinski definition) is 7. The number of aromatic nitrogens is 4. The van der Waals surface area contributed by atoms with Crippen LogP contribution in [0.25, 0.3) is 21.5 Å². The normalized spacial score (nSPS) is 10.8. The van der Waals surface area contributed by atoms with Crippen LogP contribution in [0.15, 0.2) is 47.3 Å². The molecule has 0 saturated carbocycles. The van der Waals surface area contributed by atoms with Crippen molar-refractivity contribution in [3.63, 3.8) is 0 Å². The summed E-state index contributed by atoms with van der Waals surface area (Å²) in [5.74, 6) is -0.377. The third kappa shape index (κ3) is 3.57. The molecule has 3 aromatic heterocycles. The summed E-state index contributed by atoms with van der Waals surface area (Å²) >= 11 is 7.41. The van der Waals surface area contributed by atoms with E-state index in [1.165, 1.54) is 18.3 Å². The van der Waals surface area contributed by atoms with Gasteiger partial charge in [0.25, 0.3) is 11.5 Å². The maximum absolute atomic E-state index is 12.8. The highest BCUT2D eigenvalue weighted by molar-refractivity contribution is 7.19. The molecule has 1 amide bonds. The Hall–Kier alpha value is -3.30. The number of carbonyl (C=O) groups is 1. The minimum Gasteiger partial charge on any atom is -0.288 e. The minimum atomic E-state index is -0.411. The molecule has 0 unspecified atom stereocenters. The molecule has 0 fully saturated rings. The Balaban J connectivity index is 1.68. The van der Waals surface area contributed by atoms with Gasteiger partial charge in [0.1, 0.15) is 5.69 Å². The zero-order chi connectivity index (χ0) is 19.7. The van der Waals surface area contributed by atoms with Crippen LogP contribution in [0.4, 0.5) is 5.95 Å². The molecule has 28 heavy (non-hydrogen) atoms. The molecular formula is C18H13ClN6O2S. The monoisotopic (exact) mass is 412 g/mol. The average molecular weight is 413 g/mol. The number of aromatic amines is 1. The summed E-state index contributed by atoms with van der Waals surface area (Å²) in [6.45, 7) is 1.54. The number of benzene rings is 1. The molecule has 4 aromatic rings. The van der Waals surface area contributed by atoms with E-state index >= 15 is 0 Å². The van der Waals surface area contributed by atoms with E-state index in [1.54, 1.807) is 12.1 Å². The van der Waals surface area contributed by atoms with Gasteiger partial charge in [0.05, 0.1) is 26.0 Å². The Bertz CT molecular complexity index is 1250. The van der Waals surface area contributed by atoms with E-state index in [2.05, 4.69) is 31.0 Å². The number of thiophene rings is 1. The van der Waals surface area contributed by atoms with E-state index in [0.717, 1.165) is 4.88 Å². The molecule has 0 aliphatic rings. The molecule has 0 atom stereocenters. The topological polar surface area (TPSA) is 113 Å². The quantitative estimate of drug-likeness (QED) is 0.444. The minimum absolute atomic E-state index is 0.0348. The molecule has 0 saturated heterocycles. The number of para-hydroxylation sites is 1. The van der Waals surface area contributed by atoms with Gasteiger partial charge in [-0.15, -0.1) is 21.5 Å². The van der Waals surface area contributed by atoms with Crippen LogP contribution in [0, 0.1) is 6.92 Å². The van der Waals surface area contributed by atoms with Crippen LogP contribution in [0.3, 0.4) is 0 Å². The van der Waals surface area contributed by atoms with Crippen LogP contribution in [-0.4, -0.2) is 26.1 Å². The summed E-state index contributed by atoms with van der Waals surface area (Å²) in [4.78, 5) is 32.4.